The molecular weight excluding hydrogens is 416 g/mol. The summed E-state index contributed by atoms with van der Waals surface area (Å²) < 4.78 is 6.48. The fourth-order valence-electron chi connectivity index (χ4n) is 2.55. The van der Waals surface area contributed by atoms with Crippen LogP contribution in [0.1, 0.15) is 15.9 Å². The first-order valence-corrected chi connectivity index (χ1v) is 9.02. The number of carbonyl (C=O) groups excluding carboxylic acids is 1. The number of hydrogen-bond acceptors (Lipinski definition) is 6. The zero-order valence-electron chi connectivity index (χ0n) is 15.0. The van der Waals surface area contributed by atoms with Crippen LogP contribution >= 0.6 is 23.8 Å². The van der Waals surface area contributed by atoms with E-state index in [2.05, 4.69) is 15.5 Å². The molecule has 0 aliphatic carbocycles. The number of methoxy groups -OCH3 is 1. The van der Waals surface area contributed by atoms with Crippen LogP contribution in [0.4, 0.5) is 0 Å². The van der Waals surface area contributed by atoms with Crippen LogP contribution in [0.3, 0.4) is 0 Å². The predicted molar refractivity (Wildman–Crippen MR) is 112 cm³/mol. The molecule has 0 fully saturated rings. The molecule has 3 rings (SSSR count). The van der Waals surface area contributed by atoms with Gasteiger partial charge in [0.25, 0.3) is 11.5 Å². The summed E-state index contributed by atoms with van der Waals surface area (Å²) in [5.41, 5.74) is 2.02. The van der Waals surface area contributed by atoms with E-state index >= 15 is 0 Å². The van der Waals surface area contributed by atoms with E-state index in [0.717, 1.165) is 6.21 Å². The van der Waals surface area contributed by atoms with Crippen LogP contribution in [-0.2, 0) is 0 Å². The van der Waals surface area contributed by atoms with Gasteiger partial charge >= 0.3 is 0 Å². The number of nitrogens with zero attached hydrogens (tertiary/aromatic N) is 2. The first-order valence-electron chi connectivity index (χ1n) is 8.23. The third-order valence-corrected chi connectivity index (χ3v) is 4.54. The molecule has 148 valence electrons. The lowest BCUT2D eigenvalue weighted by atomic mass is 10.2. The lowest BCUT2D eigenvalue weighted by Crippen LogP contribution is -2.21. The number of halogens is 1. The molecule has 1 amide bonds. The maximum atomic E-state index is 12.2. The number of para-hydroxylation sites is 2. The summed E-state index contributed by atoms with van der Waals surface area (Å²) >= 11 is 11.1. The Bertz CT molecular complexity index is 1220. The highest BCUT2D eigenvalue weighted by molar-refractivity contribution is 7.71. The van der Waals surface area contributed by atoms with Crippen molar-refractivity contribution in [1.29, 1.82) is 0 Å². The van der Waals surface area contributed by atoms with Gasteiger partial charge in [-0.05, 0) is 36.5 Å². The van der Waals surface area contributed by atoms with Gasteiger partial charge in [0.15, 0.2) is 4.77 Å². The number of rotatable bonds is 5. The monoisotopic (exact) mass is 430 g/mol. The Kier molecular flexibility index (Phi) is 6.10. The maximum Gasteiger partial charge on any atom is 0.272 e. The Morgan fingerprint density at radius 2 is 1.97 bits per heavy atom. The van der Waals surface area contributed by atoms with Crippen LogP contribution < -0.4 is 15.7 Å². The number of ether oxygens (including phenoxy) is 1. The molecule has 0 bridgehead atoms. The molecule has 10 heteroatoms. The summed E-state index contributed by atoms with van der Waals surface area (Å²) in [7, 11) is 1.47. The van der Waals surface area contributed by atoms with Crippen LogP contribution in [0.2, 0.25) is 5.02 Å². The van der Waals surface area contributed by atoms with E-state index in [1.54, 1.807) is 42.5 Å². The number of carbonyl (C=O) groups is 1. The second-order valence-corrected chi connectivity index (χ2v) is 6.48. The van der Waals surface area contributed by atoms with Gasteiger partial charge in [-0.2, -0.15) is 5.10 Å². The van der Waals surface area contributed by atoms with Crippen LogP contribution in [0.5, 0.6) is 11.6 Å². The summed E-state index contributed by atoms with van der Waals surface area (Å²) in [6.07, 6.45) is 1.02. The molecule has 0 aliphatic rings. The van der Waals surface area contributed by atoms with Gasteiger partial charge in [-0.1, -0.05) is 35.9 Å². The Balaban J connectivity index is 1.98. The highest BCUT2D eigenvalue weighted by Gasteiger charge is 2.15. The van der Waals surface area contributed by atoms with E-state index in [-0.39, 0.29) is 20.9 Å². The molecule has 2 aromatic carbocycles. The van der Waals surface area contributed by atoms with Crippen molar-refractivity contribution in [2.45, 2.75) is 0 Å². The lowest BCUT2D eigenvalue weighted by Gasteiger charge is -2.14. The molecule has 8 nitrogen and oxygen atoms in total. The van der Waals surface area contributed by atoms with Crippen molar-refractivity contribution in [3.63, 3.8) is 0 Å². The Morgan fingerprint density at radius 1 is 1.28 bits per heavy atom. The molecule has 3 N–H and O–H groups in total. The maximum absolute atomic E-state index is 12.2. The van der Waals surface area contributed by atoms with Gasteiger partial charge in [-0.25, -0.2) is 5.43 Å². The number of aromatic hydroxyl groups is 1. The van der Waals surface area contributed by atoms with Gasteiger partial charge in [0.2, 0.25) is 5.88 Å². The Hall–Kier alpha value is -3.43. The molecule has 1 aromatic heterocycles. The quantitative estimate of drug-likeness (QED) is 0.327. The Labute approximate surface area is 175 Å². The normalized spacial score (nSPS) is 10.8. The second-order valence-electron chi connectivity index (χ2n) is 5.68. The van der Waals surface area contributed by atoms with Crippen LogP contribution in [0, 0.1) is 4.77 Å². The van der Waals surface area contributed by atoms with Gasteiger partial charge in [0.1, 0.15) is 11.3 Å². The zero-order valence-corrected chi connectivity index (χ0v) is 16.6. The SMILES string of the molecule is COc1ccccc1-n1c(O)c(C=NNC(=O)c2ccccc2Cl)c(=O)[nH]c1=S. The van der Waals surface area contributed by atoms with Crippen molar-refractivity contribution < 1.29 is 14.6 Å². The van der Waals surface area contributed by atoms with Crippen molar-refractivity contribution >= 4 is 35.9 Å². The molecule has 3 aromatic rings. The predicted octanol–water partition coefficient (Wildman–Crippen LogP) is 3.03. The molecule has 0 aliphatic heterocycles. The minimum absolute atomic E-state index is 0.0331. The molecule has 0 saturated heterocycles. The summed E-state index contributed by atoms with van der Waals surface area (Å²) in [5, 5.41) is 14.6. The fourth-order valence-corrected chi connectivity index (χ4v) is 3.05. The average Bonchev–Trinajstić information content (AvgIpc) is 2.70. The van der Waals surface area contributed by atoms with E-state index in [4.69, 9.17) is 28.6 Å². The summed E-state index contributed by atoms with van der Waals surface area (Å²) in [6, 6.07) is 13.2. The number of aromatic amines is 1. The van der Waals surface area contributed by atoms with Gasteiger partial charge < -0.3 is 9.84 Å². The van der Waals surface area contributed by atoms with Crippen molar-refractivity contribution in [3.05, 3.63) is 79.8 Å². The molecule has 29 heavy (non-hydrogen) atoms. The molecule has 0 radical (unpaired) electrons. The van der Waals surface area contributed by atoms with E-state index in [1.165, 1.54) is 17.7 Å². The summed E-state index contributed by atoms with van der Waals surface area (Å²) in [6.45, 7) is 0. The number of nitrogens with one attached hydrogen (secondary N) is 2. The van der Waals surface area contributed by atoms with Crippen molar-refractivity contribution in [2.75, 3.05) is 7.11 Å². The molecule has 1 heterocycles. The lowest BCUT2D eigenvalue weighted by molar-refractivity contribution is 0.0955. The molecule has 0 unspecified atom stereocenters. The van der Waals surface area contributed by atoms with Crippen molar-refractivity contribution in [3.8, 4) is 17.3 Å². The van der Waals surface area contributed by atoms with E-state index in [9.17, 15) is 14.7 Å². The number of benzene rings is 2. The molecule has 0 saturated carbocycles. The average molecular weight is 431 g/mol. The second kappa shape index (κ2) is 8.72. The van der Waals surface area contributed by atoms with E-state index in [1.807, 2.05) is 0 Å². The Morgan fingerprint density at radius 3 is 2.69 bits per heavy atom. The number of aromatic nitrogens is 2. The first-order chi connectivity index (χ1) is 13.9. The van der Waals surface area contributed by atoms with Crippen LogP contribution in [0.15, 0.2) is 58.4 Å². The minimum Gasteiger partial charge on any atom is -0.495 e. The molecular formula is C19H15ClN4O4S. The number of H-pyrrole nitrogens is 1. The minimum atomic E-state index is -0.672. The van der Waals surface area contributed by atoms with Crippen LogP contribution in [0.25, 0.3) is 5.69 Å². The van der Waals surface area contributed by atoms with Gasteiger partial charge in [-0.3, -0.25) is 19.1 Å². The number of hydrazone groups is 1. The van der Waals surface area contributed by atoms with Gasteiger partial charge in [-0.15, -0.1) is 0 Å². The van der Waals surface area contributed by atoms with Crippen molar-refractivity contribution in [2.24, 2.45) is 5.10 Å². The van der Waals surface area contributed by atoms with Gasteiger partial charge in [0, 0.05) is 0 Å². The number of hydrogen-bond donors (Lipinski definition) is 3. The summed E-state index contributed by atoms with van der Waals surface area (Å²) in [4.78, 5) is 26.9. The topological polar surface area (TPSA) is 109 Å². The molecule has 0 atom stereocenters. The molecule has 0 spiro atoms. The third-order valence-electron chi connectivity index (χ3n) is 3.93. The zero-order chi connectivity index (χ0) is 21.0. The van der Waals surface area contributed by atoms with E-state index < -0.39 is 17.3 Å². The summed E-state index contributed by atoms with van der Waals surface area (Å²) in [5.74, 6) is -0.597. The van der Waals surface area contributed by atoms with E-state index in [0.29, 0.717) is 11.4 Å². The highest BCUT2D eigenvalue weighted by Crippen LogP contribution is 2.26. The van der Waals surface area contributed by atoms with Crippen LogP contribution in [-0.4, -0.2) is 33.9 Å². The number of amides is 1. The largest absolute Gasteiger partial charge is 0.495 e. The standard InChI is InChI=1S/C19H15ClN4O4S/c1-28-15-9-5-4-8-14(15)24-18(27)12(16(25)22-19(24)29)10-21-23-17(26)11-6-2-3-7-13(11)20/h2-10,27H,1H3,(H,23,26)(H,22,25,29). The smallest absolute Gasteiger partial charge is 0.272 e. The van der Waals surface area contributed by atoms with Crippen molar-refractivity contribution in [1.82, 2.24) is 15.0 Å². The van der Waals surface area contributed by atoms with Gasteiger partial charge in [0.05, 0.1) is 29.6 Å². The highest BCUT2D eigenvalue weighted by atomic mass is 35.5. The fraction of sp³-hybridized carbons (Fsp3) is 0.0526. The third kappa shape index (κ3) is 4.20. The first kappa shape index (κ1) is 20.3.